The van der Waals surface area contributed by atoms with Gasteiger partial charge >= 0.3 is 0 Å². The van der Waals surface area contributed by atoms with Crippen LogP contribution in [0.5, 0.6) is 0 Å². The number of hydrogen-bond donors (Lipinski definition) is 1. The molecule has 0 aliphatic carbocycles. The molecule has 2 atom stereocenters. The van der Waals surface area contributed by atoms with Gasteiger partial charge in [-0.25, -0.2) is 0 Å². The van der Waals surface area contributed by atoms with Gasteiger partial charge in [0.25, 0.3) is 0 Å². The summed E-state index contributed by atoms with van der Waals surface area (Å²) < 4.78 is 0. The van der Waals surface area contributed by atoms with E-state index < -0.39 is 0 Å². The van der Waals surface area contributed by atoms with Gasteiger partial charge in [-0.1, -0.05) is 33.6 Å². The van der Waals surface area contributed by atoms with Crippen molar-refractivity contribution in [3.8, 4) is 0 Å². The molecule has 0 amide bonds. The summed E-state index contributed by atoms with van der Waals surface area (Å²) in [4.78, 5) is 0. The van der Waals surface area contributed by atoms with Crippen molar-refractivity contribution in [3.05, 3.63) is 0 Å². The fourth-order valence-electron chi connectivity index (χ4n) is 1.57. The van der Waals surface area contributed by atoms with Crippen LogP contribution < -0.4 is 0 Å². The molecule has 11 heavy (non-hydrogen) atoms. The molecular weight excluding hydrogens is 136 g/mol. The van der Waals surface area contributed by atoms with Gasteiger partial charge < -0.3 is 5.11 Å². The van der Waals surface area contributed by atoms with Crippen molar-refractivity contribution in [1.82, 2.24) is 0 Å². The normalized spacial score (nSPS) is 16.9. The van der Waals surface area contributed by atoms with Crippen molar-refractivity contribution in [2.45, 2.75) is 53.1 Å². The van der Waals surface area contributed by atoms with Gasteiger partial charge in [-0.15, -0.1) is 0 Å². The zero-order chi connectivity index (χ0) is 8.85. The first-order valence-electron chi connectivity index (χ1n) is 4.77. The summed E-state index contributed by atoms with van der Waals surface area (Å²) in [6.45, 7) is 8.47. The standard InChI is InChI=1S/C10H22O/c1-5-6-7-10(8(2)3)9(4)11/h8-11H,5-7H2,1-4H3/t9?,10-/m1/s1. The van der Waals surface area contributed by atoms with E-state index in [1.54, 1.807) is 0 Å². The lowest BCUT2D eigenvalue weighted by Crippen LogP contribution is -2.22. The maximum atomic E-state index is 9.41. The van der Waals surface area contributed by atoms with Gasteiger partial charge in [0.15, 0.2) is 0 Å². The Morgan fingerprint density at radius 1 is 1.18 bits per heavy atom. The molecule has 0 aromatic heterocycles. The second-order valence-corrected chi connectivity index (χ2v) is 3.79. The number of hydrogen-bond acceptors (Lipinski definition) is 1. The van der Waals surface area contributed by atoms with Crippen molar-refractivity contribution in [2.24, 2.45) is 11.8 Å². The first-order chi connectivity index (χ1) is 5.09. The largest absolute Gasteiger partial charge is 0.393 e. The Kier molecular flexibility index (Phi) is 5.57. The molecule has 0 aliphatic heterocycles. The third-order valence-corrected chi connectivity index (χ3v) is 2.37. The summed E-state index contributed by atoms with van der Waals surface area (Å²) in [5.74, 6) is 1.11. The summed E-state index contributed by atoms with van der Waals surface area (Å²) in [6, 6.07) is 0. The lowest BCUT2D eigenvalue weighted by molar-refractivity contribution is 0.0904. The molecule has 0 fully saturated rings. The highest BCUT2D eigenvalue weighted by Crippen LogP contribution is 2.21. The average Bonchev–Trinajstić information content (AvgIpc) is 1.87. The SMILES string of the molecule is CCCC[C@H](C(C)C)C(C)O. The highest BCUT2D eigenvalue weighted by molar-refractivity contribution is 4.67. The molecule has 0 saturated heterocycles. The van der Waals surface area contributed by atoms with Gasteiger partial charge in [0, 0.05) is 0 Å². The van der Waals surface area contributed by atoms with Crippen molar-refractivity contribution >= 4 is 0 Å². The third kappa shape index (κ3) is 4.41. The topological polar surface area (TPSA) is 20.2 Å². The number of aliphatic hydroxyl groups excluding tert-OH is 1. The fraction of sp³-hybridized carbons (Fsp3) is 1.00. The summed E-state index contributed by atoms with van der Waals surface area (Å²) in [7, 11) is 0. The van der Waals surface area contributed by atoms with Gasteiger partial charge in [-0.3, -0.25) is 0 Å². The van der Waals surface area contributed by atoms with Crippen molar-refractivity contribution < 1.29 is 5.11 Å². The summed E-state index contributed by atoms with van der Waals surface area (Å²) in [5, 5.41) is 9.41. The van der Waals surface area contributed by atoms with E-state index >= 15 is 0 Å². The maximum Gasteiger partial charge on any atom is 0.0542 e. The number of rotatable bonds is 5. The Morgan fingerprint density at radius 2 is 1.73 bits per heavy atom. The molecule has 1 nitrogen and oxygen atoms in total. The molecule has 0 aromatic carbocycles. The smallest absolute Gasteiger partial charge is 0.0542 e. The molecule has 0 heterocycles. The summed E-state index contributed by atoms with van der Waals surface area (Å²) in [6.07, 6.45) is 3.51. The van der Waals surface area contributed by atoms with Crippen LogP contribution in [0.4, 0.5) is 0 Å². The molecule has 0 spiro atoms. The molecule has 1 heteroatoms. The minimum atomic E-state index is -0.137. The van der Waals surface area contributed by atoms with Crippen LogP contribution in [0.2, 0.25) is 0 Å². The summed E-state index contributed by atoms with van der Waals surface area (Å²) in [5.41, 5.74) is 0. The van der Waals surface area contributed by atoms with Crippen LogP contribution >= 0.6 is 0 Å². The van der Waals surface area contributed by atoms with E-state index in [4.69, 9.17) is 0 Å². The van der Waals surface area contributed by atoms with Crippen LogP contribution in [-0.4, -0.2) is 11.2 Å². The van der Waals surface area contributed by atoms with E-state index in [1.807, 2.05) is 6.92 Å². The van der Waals surface area contributed by atoms with Crippen LogP contribution in [0.25, 0.3) is 0 Å². The molecule has 68 valence electrons. The highest BCUT2D eigenvalue weighted by atomic mass is 16.3. The van der Waals surface area contributed by atoms with E-state index in [0.717, 1.165) is 0 Å². The van der Waals surface area contributed by atoms with Crippen LogP contribution in [0.1, 0.15) is 47.0 Å². The Balaban J connectivity index is 3.70. The monoisotopic (exact) mass is 158 g/mol. The summed E-state index contributed by atoms with van der Waals surface area (Å²) >= 11 is 0. The molecule has 0 aromatic rings. The van der Waals surface area contributed by atoms with E-state index in [1.165, 1.54) is 19.3 Å². The third-order valence-electron chi connectivity index (χ3n) is 2.37. The van der Waals surface area contributed by atoms with Crippen LogP contribution in [0, 0.1) is 11.8 Å². The van der Waals surface area contributed by atoms with E-state index in [2.05, 4.69) is 20.8 Å². The lowest BCUT2D eigenvalue weighted by atomic mass is 9.87. The molecule has 0 rings (SSSR count). The zero-order valence-corrected chi connectivity index (χ0v) is 8.30. The first kappa shape index (κ1) is 11.0. The molecule has 0 radical (unpaired) electrons. The van der Waals surface area contributed by atoms with Gasteiger partial charge in [0.1, 0.15) is 0 Å². The second kappa shape index (κ2) is 5.59. The Hall–Kier alpha value is -0.0400. The van der Waals surface area contributed by atoms with Crippen LogP contribution in [0.15, 0.2) is 0 Å². The van der Waals surface area contributed by atoms with E-state index in [-0.39, 0.29) is 6.10 Å². The predicted molar refractivity (Wildman–Crippen MR) is 49.5 cm³/mol. The van der Waals surface area contributed by atoms with Gasteiger partial charge in [0.05, 0.1) is 6.10 Å². The Labute approximate surface area is 70.8 Å². The van der Waals surface area contributed by atoms with Crippen LogP contribution in [0.3, 0.4) is 0 Å². The number of unbranched alkanes of at least 4 members (excludes halogenated alkanes) is 1. The van der Waals surface area contributed by atoms with Crippen LogP contribution in [-0.2, 0) is 0 Å². The Bertz CT molecular complexity index is 78.9. The molecule has 1 unspecified atom stereocenters. The van der Waals surface area contributed by atoms with E-state index in [0.29, 0.717) is 11.8 Å². The first-order valence-corrected chi connectivity index (χ1v) is 4.77. The molecule has 0 aliphatic rings. The average molecular weight is 158 g/mol. The number of aliphatic hydroxyl groups is 1. The minimum absolute atomic E-state index is 0.137. The van der Waals surface area contributed by atoms with Crippen molar-refractivity contribution in [1.29, 1.82) is 0 Å². The molecule has 1 N–H and O–H groups in total. The second-order valence-electron chi connectivity index (χ2n) is 3.79. The van der Waals surface area contributed by atoms with Gasteiger partial charge in [-0.2, -0.15) is 0 Å². The van der Waals surface area contributed by atoms with Gasteiger partial charge in [0.2, 0.25) is 0 Å². The maximum absolute atomic E-state index is 9.41. The highest BCUT2D eigenvalue weighted by Gasteiger charge is 2.17. The lowest BCUT2D eigenvalue weighted by Gasteiger charge is -2.23. The molecule has 0 bridgehead atoms. The van der Waals surface area contributed by atoms with E-state index in [9.17, 15) is 5.11 Å². The Morgan fingerprint density at radius 3 is 2.00 bits per heavy atom. The molecule has 0 saturated carbocycles. The van der Waals surface area contributed by atoms with Crippen molar-refractivity contribution in [2.75, 3.05) is 0 Å². The van der Waals surface area contributed by atoms with Crippen molar-refractivity contribution in [3.63, 3.8) is 0 Å². The quantitative estimate of drug-likeness (QED) is 0.652. The zero-order valence-electron chi connectivity index (χ0n) is 8.30. The molecular formula is C10H22O. The predicted octanol–water partition coefficient (Wildman–Crippen LogP) is 2.83. The van der Waals surface area contributed by atoms with Gasteiger partial charge in [-0.05, 0) is 25.2 Å². The minimum Gasteiger partial charge on any atom is -0.393 e. The fourth-order valence-corrected chi connectivity index (χ4v) is 1.57.